The first-order chi connectivity index (χ1) is 22.6. The molecule has 1 heterocycles. The molecule has 0 radical (unpaired) electrons. The summed E-state index contributed by atoms with van der Waals surface area (Å²) < 4.78 is 36.0. The fourth-order valence-electron chi connectivity index (χ4n) is 6.48. The minimum atomic E-state index is -0.824. The third-order valence-electron chi connectivity index (χ3n) is 9.26. The molecule has 0 bridgehead atoms. The summed E-state index contributed by atoms with van der Waals surface area (Å²) in [7, 11) is 3.36. The molecule has 2 aromatic carbocycles. The Morgan fingerprint density at radius 3 is 2.19 bits per heavy atom. The van der Waals surface area contributed by atoms with E-state index in [1.807, 2.05) is 63.8 Å². The van der Waals surface area contributed by atoms with Crippen molar-refractivity contribution in [1.82, 2.24) is 4.90 Å². The molecule has 48 heavy (non-hydrogen) atoms. The van der Waals surface area contributed by atoms with Crippen molar-refractivity contribution in [3.05, 3.63) is 59.7 Å². The second-order valence-electron chi connectivity index (χ2n) is 15.4. The normalized spacial score (nSPS) is 19.1. The summed E-state index contributed by atoms with van der Waals surface area (Å²) in [5.74, 6) is 2.72. The van der Waals surface area contributed by atoms with Gasteiger partial charge in [0.1, 0.15) is 11.3 Å². The number of ether oxygens (including phenoxy) is 6. The highest BCUT2D eigenvalue weighted by Gasteiger charge is 2.52. The van der Waals surface area contributed by atoms with Gasteiger partial charge in [-0.2, -0.15) is 0 Å². The lowest BCUT2D eigenvalue weighted by Crippen LogP contribution is -2.51. The fraction of sp³-hybridized carbons (Fsp3) is 0.675. The van der Waals surface area contributed by atoms with Crippen molar-refractivity contribution in [2.75, 3.05) is 34.0 Å². The van der Waals surface area contributed by atoms with E-state index in [1.165, 1.54) is 5.56 Å². The van der Waals surface area contributed by atoms with E-state index >= 15 is 0 Å². The topological polar surface area (TPSA) is 75.7 Å². The van der Waals surface area contributed by atoms with E-state index < -0.39 is 11.3 Å². The Kier molecular flexibility index (Phi) is 15.1. The summed E-state index contributed by atoms with van der Waals surface area (Å²) in [5, 5.41) is 0. The monoisotopic (exact) mass is 669 g/mol. The minimum Gasteiger partial charge on any atom is -0.493 e. The molecule has 0 saturated carbocycles. The van der Waals surface area contributed by atoms with Crippen molar-refractivity contribution in [3.63, 3.8) is 0 Å². The van der Waals surface area contributed by atoms with Crippen LogP contribution in [0.5, 0.6) is 11.5 Å². The van der Waals surface area contributed by atoms with E-state index in [9.17, 15) is 4.79 Å². The second kappa shape index (κ2) is 18.3. The number of amides is 1. The van der Waals surface area contributed by atoms with Gasteiger partial charge in [-0.15, -0.1) is 0 Å². The molecule has 1 aliphatic rings. The van der Waals surface area contributed by atoms with Crippen LogP contribution in [0.15, 0.2) is 48.5 Å². The highest BCUT2D eigenvalue weighted by Crippen LogP contribution is 2.42. The summed E-state index contributed by atoms with van der Waals surface area (Å²) in [6.07, 6.45) is 2.68. The summed E-state index contributed by atoms with van der Waals surface area (Å²) in [4.78, 5) is 15.8. The molecule has 0 N–H and O–H groups in total. The molecule has 1 fully saturated rings. The lowest BCUT2D eigenvalue weighted by Gasteiger charge is -2.37. The second-order valence-corrected chi connectivity index (χ2v) is 15.4. The van der Waals surface area contributed by atoms with Gasteiger partial charge in [-0.25, -0.2) is 4.79 Å². The number of benzene rings is 2. The fourth-order valence-corrected chi connectivity index (χ4v) is 6.48. The highest BCUT2D eigenvalue weighted by atomic mass is 16.6. The molecule has 0 aliphatic carbocycles. The summed E-state index contributed by atoms with van der Waals surface area (Å²) in [6, 6.07) is 16.3. The van der Waals surface area contributed by atoms with Gasteiger partial charge >= 0.3 is 6.09 Å². The van der Waals surface area contributed by atoms with Crippen molar-refractivity contribution >= 4 is 6.09 Å². The van der Waals surface area contributed by atoms with Gasteiger partial charge in [0.15, 0.2) is 11.5 Å². The molecule has 270 valence electrons. The van der Waals surface area contributed by atoms with Crippen molar-refractivity contribution in [1.29, 1.82) is 0 Å². The Labute approximate surface area is 290 Å². The number of hydrogen-bond acceptors (Lipinski definition) is 7. The smallest absolute Gasteiger partial charge is 0.412 e. The average molecular weight is 670 g/mol. The summed E-state index contributed by atoms with van der Waals surface area (Å²) in [5.41, 5.74) is 0.884. The Hall–Kier alpha value is -2.81. The lowest BCUT2D eigenvalue weighted by molar-refractivity contribution is -0.0853. The van der Waals surface area contributed by atoms with Crippen molar-refractivity contribution in [2.24, 2.45) is 23.7 Å². The predicted octanol–water partition coefficient (Wildman–Crippen LogP) is 8.94. The van der Waals surface area contributed by atoms with Crippen molar-refractivity contribution in [3.8, 4) is 11.5 Å². The van der Waals surface area contributed by atoms with E-state index in [2.05, 4.69) is 52.0 Å². The molecule has 1 aliphatic heterocycles. The Balaban J connectivity index is 1.88. The molecular formula is C40H63NO7. The van der Waals surface area contributed by atoms with Gasteiger partial charge < -0.3 is 28.4 Å². The van der Waals surface area contributed by atoms with Crippen LogP contribution in [0.25, 0.3) is 0 Å². The zero-order chi connectivity index (χ0) is 35.5. The molecule has 3 rings (SSSR count). The molecule has 8 nitrogen and oxygen atoms in total. The Bertz CT molecular complexity index is 1240. The van der Waals surface area contributed by atoms with Gasteiger partial charge in [0.2, 0.25) is 0 Å². The van der Waals surface area contributed by atoms with Crippen LogP contribution in [0.4, 0.5) is 4.79 Å². The van der Waals surface area contributed by atoms with Crippen LogP contribution in [-0.2, 0) is 32.0 Å². The molecule has 0 spiro atoms. The standard InChI is InChI=1S/C40H63NO7/c1-28(2)32(22-31-18-19-35(44-11)37(23-31)46-21-15-20-43-10)24-34-36(47-40(8,9)41(34)38(42)48-39(5,6)7)25-33(29(3)4)27-45-26-30-16-13-12-14-17-30/h12-14,16-19,23,28-29,32-34,36H,15,20-22,24-27H2,1-11H3/t32-,33-,34?,36?/m1/s1. The zero-order valence-electron chi connectivity index (χ0n) is 31.5. The molecule has 2 unspecified atom stereocenters. The molecule has 4 atom stereocenters. The molecule has 1 saturated heterocycles. The molecule has 0 aromatic heterocycles. The Morgan fingerprint density at radius 1 is 0.896 bits per heavy atom. The third kappa shape index (κ3) is 12.0. The van der Waals surface area contributed by atoms with Gasteiger partial charge in [-0.1, -0.05) is 64.1 Å². The van der Waals surface area contributed by atoms with Gasteiger partial charge in [0.25, 0.3) is 0 Å². The maximum absolute atomic E-state index is 13.9. The van der Waals surface area contributed by atoms with Crippen LogP contribution in [0.1, 0.15) is 92.7 Å². The number of carbonyl (C=O) groups excluding carboxylic acids is 1. The van der Waals surface area contributed by atoms with Crippen LogP contribution in [0, 0.1) is 23.7 Å². The summed E-state index contributed by atoms with van der Waals surface area (Å²) in [6.45, 7) is 21.1. The van der Waals surface area contributed by atoms with Crippen LogP contribution in [0.2, 0.25) is 0 Å². The first-order valence-electron chi connectivity index (χ1n) is 17.8. The van der Waals surface area contributed by atoms with Crippen molar-refractivity contribution in [2.45, 2.75) is 118 Å². The number of nitrogens with zero attached hydrogens (tertiary/aromatic N) is 1. The quantitative estimate of drug-likeness (QED) is 0.147. The van der Waals surface area contributed by atoms with E-state index in [0.29, 0.717) is 44.0 Å². The lowest BCUT2D eigenvalue weighted by atomic mass is 9.80. The van der Waals surface area contributed by atoms with Gasteiger partial charge in [-0.3, -0.25) is 4.90 Å². The molecule has 2 aromatic rings. The Morgan fingerprint density at radius 2 is 1.58 bits per heavy atom. The van der Waals surface area contributed by atoms with Crippen LogP contribution in [-0.4, -0.2) is 68.5 Å². The average Bonchev–Trinajstić information content (AvgIpc) is 3.26. The predicted molar refractivity (Wildman–Crippen MR) is 191 cm³/mol. The first kappa shape index (κ1) is 39.6. The van der Waals surface area contributed by atoms with E-state index in [1.54, 1.807) is 14.2 Å². The van der Waals surface area contributed by atoms with Crippen LogP contribution in [0.3, 0.4) is 0 Å². The maximum Gasteiger partial charge on any atom is 0.412 e. The van der Waals surface area contributed by atoms with Crippen LogP contribution < -0.4 is 9.47 Å². The zero-order valence-corrected chi connectivity index (χ0v) is 31.5. The number of hydrogen-bond donors (Lipinski definition) is 0. The molecule has 1 amide bonds. The van der Waals surface area contributed by atoms with Gasteiger partial charge in [-0.05, 0) is 101 Å². The largest absolute Gasteiger partial charge is 0.493 e. The first-order valence-corrected chi connectivity index (χ1v) is 17.8. The minimum absolute atomic E-state index is 0.166. The summed E-state index contributed by atoms with van der Waals surface area (Å²) >= 11 is 0. The van der Waals surface area contributed by atoms with E-state index in [4.69, 9.17) is 28.4 Å². The number of carbonyl (C=O) groups is 1. The van der Waals surface area contributed by atoms with Gasteiger partial charge in [0, 0.05) is 20.1 Å². The maximum atomic E-state index is 13.9. The molecule has 8 heteroatoms. The SMILES string of the molecule is COCCCOc1cc(C[C@H](CC2C(C[C@H](COCc3ccccc3)C(C)C)OC(C)(C)N2C(=O)OC(C)(C)C)C(C)C)ccc1OC. The van der Waals surface area contributed by atoms with Crippen LogP contribution >= 0.6 is 0 Å². The number of methoxy groups -OCH3 is 2. The highest BCUT2D eigenvalue weighted by molar-refractivity contribution is 5.70. The molecular weight excluding hydrogens is 606 g/mol. The van der Waals surface area contributed by atoms with E-state index in [-0.39, 0.29) is 30.1 Å². The third-order valence-corrected chi connectivity index (χ3v) is 9.26. The number of rotatable bonds is 18. The van der Waals surface area contributed by atoms with Gasteiger partial charge in [0.05, 0.1) is 39.1 Å². The van der Waals surface area contributed by atoms with Crippen molar-refractivity contribution < 1.29 is 33.2 Å². The van der Waals surface area contributed by atoms with E-state index in [0.717, 1.165) is 37.0 Å².